The Balaban J connectivity index is 1.63. The molecule has 0 fully saturated rings. The van der Waals surface area contributed by atoms with Crippen LogP contribution in [-0.2, 0) is 11.3 Å². The van der Waals surface area contributed by atoms with Gasteiger partial charge in [-0.25, -0.2) is 4.98 Å². The number of anilines is 1. The molecule has 4 aromatic rings. The van der Waals surface area contributed by atoms with E-state index in [2.05, 4.69) is 26.7 Å². The van der Waals surface area contributed by atoms with Gasteiger partial charge in [0.05, 0.1) is 23.6 Å². The van der Waals surface area contributed by atoms with E-state index in [0.717, 1.165) is 22.1 Å². The topological polar surface area (TPSA) is 81.9 Å². The minimum atomic E-state index is -0.374. The molecule has 0 aliphatic carbocycles. The Kier molecular flexibility index (Phi) is 6.18. The highest BCUT2D eigenvalue weighted by Gasteiger charge is 2.22. The number of thioether (sulfide) groups is 1. The van der Waals surface area contributed by atoms with Crippen molar-refractivity contribution in [3.63, 3.8) is 0 Å². The summed E-state index contributed by atoms with van der Waals surface area (Å²) >= 11 is 1.30. The van der Waals surface area contributed by atoms with Gasteiger partial charge in [-0.05, 0) is 24.6 Å². The highest BCUT2D eigenvalue weighted by molar-refractivity contribution is 8.00. The molecule has 1 N–H and O–H groups in total. The quantitative estimate of drug-likeness (QED) is 0.321. The minimum Gasteiger partial charge on any atom is -0.495 e. The highest BCUT2D eigenvalue weighted by Crippen LogP contribution is 2.30. The maximum absolute atomic E-state index is 12.9. The van der Waals surface area contributed by atoms with Crippen LogP contribution in [0, 0.1) is 0 Å². The van der Waals surface area contributed by atoms with Crippen molar-refractivity contribution in [3.8, 4) is 5.75 Å². The number of aromatic nitrogens is 4. The molecular weight excluding hydrogens is 410 g/mol. The molecule has 1 unspecified atom stereocenters. The van der Waals surface area contributed by atoms with Crippen LogP contribution >= 0.6 is 11.8 Å². The van der Waals surface area contributed by atoms with Crippen LogP contribution in [0.1, 0.15) is 13.3 Å². The summed E-state index contributed by atoms with van der Waals surface area (Å²) in [7, 11) is 1.58. The van der Waals surface area contributed by atoms with Crippen LogP contribution in [0.4, 0.5) is 5.69 Å². The second kappa shape index (κ2) is 9.18. The summed E-state index contributed by atoms with van der Waals surface area (Å²) in [6.07, 6.45) is 2.44. The van der Waals surface area contributed by atoms with E-state index in [9.17, 15) is 4.79 Å². The number of fused-ring (bicyclic) bond motifs is 3. The first-order valence-corrected chi connectivity index (χ1v) is 10.9. The monoisotopic (exact) mass is 433 g/mol. The number of carbonyl (C=O) groups is 1. The molecular formula is C23H23N5O2S. The van der Waals surface area contributed by atoms with Crippen molar-refractivity contribution in [2.24, 2.45) is 0 Å². The maximum Gasteiger partial charge on any atom is 0.238 e. The summed E-state index contributed by atoms with van der Waals surface area (Å²) < 4.78 is 7.39. The molecule has 4 rings (SSSR count). The Morgan fingerprint density at radius 2 is 2.00 bits per heavy atom. The Bertz CT molecular complexity index is 1250. The largest absolute Gasteiger partial charge is 0.495 e. The standard InChI is InChI=1S/C23H23N5O2S/c1-4-14-28-17-12-8-6-10-15(17)20-21(28)25-23(27-26-20)31-19(5-2)22(29)24-16-11-7-9-13-18(16)30-3/h4,6-13,19H,1,5,14H2,2-3H3,(H,24,29). The van der Waals surface area contributed by atoms with E-state index in [1.807, 2.05) is 61.5 Å². The van der Waals surface area contributed by atoms with Crippen molar-refractivity contribution >= 4 is 45.4 Å². The predicted octanol–water partition coefficient (Wildman–Crippen LogP) is 4.68. The SMILES string of the molecule is C=CCn1c2ccccc2c2nnc(SC(CC)C(=O)Nc3ccccc3OC)nc21. The van der Waals surface area contributed by atoms with Gasteiger partial charge >= 0.3 is 0 Å². The van der Waals surface area contributed by atoms with Crippen molar-refractivity contribution in [1.29, 1.82) is 0 Å². The molecule has 0 radical (unpaired) electrons. The number of benzene rings is 2. The molecule has 0 aliphatic heterocycles. The first-order chi connectivity index (χ1) is 15.2. The lowest BCUT2D eigenvalue weighted by Gasteiger charge is -2.15. The van der Waals surface area contributed by atoms with E-state index in [1.165, 1.54) is 11.8 Å². The van der Waals surface area contributed by atoms with Gasteiger partial charge in [0, 0.05) is 11.9 Å². The average molecular weight is 434 g/mol. The lowest BCUT2D eigenvalue weighted by molar-refractivity contribution is -0.115. The number of hydrogen-bond acceptors (Lipinski definition) is 6. The molecule has 0 spiro atoms. The molecule has 0 saturated heterocycles. The fraction of sp³-hybridized carbons (Fsp3) is 0.217. The summed E-state index contributed by atoms with van der Waals surface area (Å²) in [6, 6.07) is 15.3. The smallest absolute Gasteiger partial charge is 0.238 e. The van der Waals surface area contributed by atoms with Gasteiger partial charge in [0.15, 0.2) is 5.65 Å². The zero-order chi connectivity index (χ0) is 21.8. The number of ether oxygens (including phenoxy) is 1. The van der Waals surface area contributed by atoms with Gasteiger partial charge in [-0.15, -0.1) is 16.8 Å². The van der Waals surface area contributed by atoms with E-state index in [1.54, 1.807) is 7.11 Å². The second-order valence-electron chi connectivity index (χ2n) is 6.89. The molecule has 2 aromatic carbocycles. The van der Waals surface area contributed by atoms with Crippen LogP contribution in [0.15, 0.2) is 66.3 Å². The molecule has 31 heavy (non-hydrogen) atoms. The number of methoxy groups -OCH3 is 1. The first-order valence-electron chi connectivity index (χ1n) is 9.99. The number of carbonyl (C=O) groups excluding carboxylic acids is 1. The van der Waals surface area contributed by atoms with E-state index in [-0.39, 0.29) is 11.2 Å². The van der Waals surface area contributed by atoms with Gasteiger partial charge in [-0.2, -0.15) is 0 Å². The molecule has 0 bridgehead atoms. The average Bonchev–Trinajstić information content (AvgIpc) is 3.11. The number of hydrogen-bond donors (Lipinski definition) is 1. The van der Waals surface area contributed by atoms with Crippen LogP contribution in [0.25, 0.3) is 22.1 Å². The Morgan fingerprint density at radius 3 is 2.77 bits per heavy atom. The molecule has 0 saturated carbocycles. The van der Waals surface area contributed by atoms with Crippen LogP contribution < -0.4 is 10.1 Å². The van der Waals surface area contributed by atoms with Gasteiger partial charge in [0.2, 0.25) is 11.1 Å². The highest BCUT2D eigenvalue weighted by atomic mass is 32.2. The predicted molar refractivity (Wildman–Crippen MR) is 125 cm³/mol. The second-order valence-corrected chi connectivity index (χ2v) is 8.06. The van der Waals surface area contributed by atoms with Gasteiger partial charge in [-0.1, -0.05) is 55.1 Å². The van der Waals surface area contributed by atoms with Crippen molar-refractivity contribution in [1.82, 2.24) is 19.7 Å². The lowest BCUT2D eigenvalue weighted by atomic mass is 10.2. The van der Waals surface area contributed by atoms with Crippen LogP contribution in [-0.4, -0.2) is 38.0 Å². The summed E-state index contributed by atoms with van der Waals surface area (Å²) in [5.74, 6) is 0.483. The zero-order valence-electron chi connectivity index (χ0n) is 17.4. The van der Waals surface area contributed by atoms with Crippen molar-refractivity contribution in [2.45, 2.75) is 30.3 Å². The first kappa shape index (κ1) is 20.9. The zero-order valence-corrected chi connectivity index (χ0v) is 18.2. The number of rotatable bonds is 8. The van der Waals surface area contributed by atoms with E-state index < -0.39 is 0 Å². The molecule has 1 atom stereocenters. The summed E-state index contributed by atoms with van der Waals surface area (Å²) in [5, 5.41) is 12.8. The van der Waals surface area contributed by atoms with Gasteiger partial charge < -0.3 is 14.6 Å². The van der Waals surface area contributed by atoms with Gasteiger partial charge in [0.25, 0.3) is 0 Å². The summed E-state index contributed by atoms with van der Waals surface area (Å²) in [6.45, 7) is 6.43. The fourth-order valence-corrected chi connectivity index (χ4v) is 4.28. The number of amides is 1. The van der Waals surface area contributed by atoms with Crippen LogP contribution in [0.5, 0.6) is 5.75 Å². The van der Waals surface area contributed by atoms with E-state index in [4.69, 9.17) is 9.72 Å². The maximum atomic E-state index is 12.9. The minimum absolute atomic E-state index is 0.132. The fourth-order valence-electron chi connectivity index (χ4n) is 3.46. The molecule has 0 aliphatic rings. The molecule has 158 valence electrons. The van der Waals surface area contributed by atoms with Gasteiger partial charge in [-0.3, -0.25) is 4.79 Å². The Hall–Kier alpha value is -3.39. The van der Waals surface area contributed by atoms with Crippen molar-refractivity contribution < 1.29 is 9.53 Å². The third-order valence-corrected chi connectivity index (χ3v) is 6.16. The van der Waals surface area contributed by atoms with E-state index in [0.29, 0.717) is 29.6 Å². The molecule has 8 heteroatoms. The van der Waals surface area contributed by atoms with E-state index >= 15 is 0 Å². The summed E-state index contributed by atoms with van der Waals surface area (Å²) in [5.41, 5.74) is 3.14. The summed E-state index contributed by atoms with van der Waals surface area (Å²) in [4.78, 5) is 17.6. The van der Waals surface area contributed by atoms with Crippen molar-refractivity contribution in [3.05, 3.63) is 61.2 Å². The number of para-hydroxylation sites is 3. The number of nitrogens with one attached hydrogen (secondary N) is 1. The Labute approximate surface area is 184 Å². The number of allylic oxidation sites excluding steroid dienone is 1. The molecule has 2 aromatic heterocycles. The molecule has 7 nitrogen and oxygen atoms in total. The third kappa shape index (κ3) is 4.11. The molecule has 1 amide bonds. The third-order valence-electron chi connectivity index (χ3n) is 4.94. The Morgan fingerprint density at radius 1 is 1.23 bits per heavy atom. The lowest BCUT2D eigenvalue weighted by Crippen LogP contribution is -2.25. The van der Waals surface area contributed by atoms with Crippen LogP contribution in [0.2, 0.25) is 0 Å². The van der Waals surface area contributed by atoms with Crippen LogP contribution in [0.3, 0.4) is 0 Å². The molecule has 2 heterocycles. The normalized spacial score (nSPS) is 12.1. The van der Waals surface area contributed by atoms with Gasteiger partial charge in [0.1, 0.15) is 11.3 Å². The van der Waals surface area contributed by atoms with Crippen molar-refractivity contribution in [2.75, 3.05) is 12.4 Å². The number of nitrogens with zero attached hydrogens (tertiary/aromatic N) is 4.